The number of hydrogen-bond donors (Lipinski definition) is 4. The number of aliphatic hydroxyl groups is 3. The molecule has 140 valence electrons. The normalized spacial score (nSPS) is 25.0. The third kappa shape index (κ3) is 3.04. The summed E-state index contributed by atoms with van der Waals surface area (Å²) in [4.78, 5) is 24.8. The summed E-state index contributed by atoms with van der Waals surface area (Å²) in [7, 11) is 0. The van der Waals surface area contributed by atoms with E-state index in [0.29, 0.717) is 16.7 Å². The predicted molar refractivity (Wildman–Crippen MR) is 92.7 cm³/mol. The lowest BCUT2D eigenvalue weighted by atomic mass is 10.1. The summed E-state index contributed by atoms with van der Waals surface area (Å²) in [5.41, 5.74) is 1.08. The van der Waals surface area contributed by atoms with Gasteiger partial charge in [0.2, 0.25) is 0 Å². The number of aliphatic hydroxyl groups excluding tert-OH is 3. The van der Waals surface area contributed by atoms with Crippen LogP contribution in [-0.4, -0.2) is 65.7 Å². The first-order valence-electron chi connectivity index (χ1n) is 8.26. The summed E-state index contributed by atoms with van der Waals surface area (Å²) in [6.07, 6.45) is -1.77. The minimum atomic E-state index is -1.27. The maximum atomic E-state index is 12.4. The molecule has 4 rings (SSSR count). The predicted octanol–water partition coefficient (Wildman–Crippen LogP) is -0.310. The Hall–Kier alpha value is -2.92. The number of nitrogens with zero attached hydrogens (tertiary/aromatic N) is 4. The van der Waals surface area contributed by atoms with Crippen LogP contribution in [0.1, 0.15) is 16.6 Å². The van der Waals surface area contributed by atoms with E-state index in [2.05, 4.69) is 20.3 Å². The number of amides is 1. The van der Waals surface area contributed by atoms with Crippen LogP contribution in [0.25, 0.3) is 11.2 Å². The number of carbonyl (C=O) groups is 1. The molecular weight excluding hydrogens is 354 g/mol. The van der Waals surface area contributed by atoms with Gasteiger partial charge in [0.15, 0.2) is 23.2 Å². The molecule has 10 nitrogen and oxygen atoms in total. The summed E-state index contributed by atoms with van der Waals surface area (Å²) in [6, 6.07) is 8.65. The molecule has 3 heterocycles. The molecule has 4 N–H and O–H groups in total. The van der Waals surface area contributed by atoms with Crippen molar-refractivity contribution >= 4 is 22.9 Å². The molecule has 1 aliphatic heterocycles. The van der Waals surface area contributed by atoms with Crippen molar-refractivity contribution in [2.45, 2.75) is 24.5 Å². The first-order chi connectivity index (χ1) is 13.1. The Bertz CT molecular complexity index is 963. The van der Waals surface area contributed by atoms with E-state index in [-0.39, 0.29) is 11.7 Å². The lowest BCUT2D eigenvalue weighted by molar-refractivity contribution is -0.0511. The van der Waals surface area contributed by atoms with Crippen molar-refractivity contribution in [2.75, 3.05) is 11.9 Å². The van der Waals surface area contributed by atoms with Crippen LogP contribution in [0.3, 0.4) is 0 Å². The van der Waals surface area contributed by atoms with E-state index in [9.17, 15) is 20.1 Å². The number of fused-ring (bicyclic) bond motifs is 1. The van der Waals surface area contributed by atoms with Crippen LogP contribution < -0.4 is 5.32 Å². The number of rotatable bonds is 4. The second kappa shape index (κ2) is 7.00. The molecule has 3 aromatic rings. The Morgan fingerprint density at radius 1 is 1.15 bits per heavy atom. The summed E-state index contributed by atoms with van der Waals surface area (Å²) in [6.45, 7) is -0.436. The third-order valence-electron chi connectivity index (χ3n) is 4.42. The van der Waals surface area contributed by atoms with Crippen LogP contribution in [0.4, 0.5) is 5.82 Å². The Kier molecular flexibility index (Phi) is 4.54. The standard InChI is InChI=1S/C17H17N5O5/c23-6-10-12(24)13(25)17(27-10)22-8-20-11-14(18-7-19-15(11)22)21-16(26)9-4-2-1-3-5-9/h1-5,7-8,10,12-13,17,23-25H,6H2,(H,18,19,21,26)/t10?,12-,13?,17?/m0/s1. The topological polar surface area (TPSA) is 143 Å². The van der Waals surface area contributed by atoms with Crippen LogP contribution in [0.2, 0.25) is 0 Å². The van der Waals surface area contributed by atoms with Crippen molar-refractivity contribution in [3.63, 3.8) is 0 Å². The van der Waals surface area contributed by atoms with E-state index < -0.39 is 31.1 Å². The first kappa shape index (κ1) is 17.5. The number of aromatic nitrogens is 4. The molecule has 0 spiro atoms. The van der Waals surface area contributed by atoms with Crippen molar-refractivity contribution in [3.8, 4) is 0 Å². The fourth-order valence-corrected chi connectivity index (χ4v) is 3.01. The van der Waals surface area contributed by atoms with E-state index in [1.165, 1.54) is 17.2 Å². The van der Waals surface area contributed by atoms with Crippen LogP contribution >= 0.6 is 0 Å². The van der Waals surface area contributed by atoms with Crippen LogP contribution in [0, 0.1) is 0 Å². The highest BCUT2D eigenvalue weighted by atomic mass is 16.6. The lowest BCUT2D eigenvalue weighted by Crippen LogP contribution is -2.33. The van der Waals surface area contributed by atoms with Gasteiger partial charge in [-0.1, -0.05) is 18.2 Å². The van der Waals surface area contributed by atoms with Crippen LogP contribution in [0.5, 0.6) is 0 Å². The van der Waals surface area contributed by atoms with Crippen molar-refractivity contribution in [3.05, 3.63) is 48.5 Å². The smallest absolute Gasteiger partial charge is 0.256 e. The molecule has 4 atom stereocenters. The Balaban J connectivity index is 1.65. The van der Waals surface area contributed by atoms with Crippen LogP contribution in [0.15, 0.2) is 43.0 Å². The molecule has 10 heteroatoms. The molecule has 27 heavy (non-hydrogen) atoms. The molecule has 1 aliphatic rings. The minimum absolute atomic E-state index is 0.208. The number of hydrogen-bond acceptors (Lipinski definition) is 8. The fourth-order valence-electron chi connectivity index (χ4n) is 3.01. The number of ether oxygens (including phenoxy) is 1. The van der Waals surface area contributed by atoms with Crippen LogP contribution in [-0.2, 0) is 4.74 Å². The fraction of sp³-hybridized carbons (Fsp3) is 0.294. The monoisotopic (exact) mass is 371 g/mol. The van der Waals surface area contributed by atoms with Gasteiger partial charge in [-0.25, -0.2) is 15.0 Å². The van der Waals surface area contributed by atoms with Crippen molar-refractivity contribution in [1.82, 2.24) is 19.5 Å². The summed E-state index contributed by atoms with van der Waals surface area (Å²) in [5.74, 6) is -0.141. The van der Waals surface area contributed by atoms with Gasteiger partial charge in [-0.15, -0.1) is 0 Å². The number of benzene rings is 1. The average molecular weight is 371 g/mol. The molecule has 0 saturated carbocycles. The summed E-state index contributed by atoms with van der Waals surface area (Å²) < 4.78 is 6.93. The van der Waals surface area contributed by atoms with E-state index in [0.717, 1.165) is 0 Å². The summed E-state index contributed by atoms with van der Waals surface area (Å²) in [5, 5.41) is 32.1. The largest absolute Gasteiger partial charge is 0.394 e. The van der Waals surface area contributed by atoms with Gasteiger partial charge in [0, 0.05) is 5.56 Å². The zero-order valence-electron chi connectivity index (χ0n) is 14.0. The first-order valence-corrected chi connectivity index (χ1v) is 8.26. The molecule has 0 bridgehead atoms. The van der Waals surface area contributed by atoms with Gasteiger partial charge in [0.1, 0.15) is 24.6 Å². The molecule has 3 unspecified atom stereocenters. The van der Waals surface area contributed by atoms with Gasteiger partial charge in [-0.2, -0.15) is 0 Å². The van der Waals surface area contributed by atoms with Gasteiger partial charge in [-0.3, -0.25) is 9.36 Å². The molecule has 1 aromatic carbocycles. The number of nitrogens with one attached hydrogen (secondary N) is 1. The number of anilines is 1. The van der Waals surface area contributed by atoms with Gasteiger partial charge >= 0.3 is 0 Å². The second-order valence-electron chi connectivity index (χ2n) is 6.10. The highest BCUT2D eigenvalue weighted by Gasteiger charge is 2.44. The number of imidazole rings is 1. The molecule has 1 amide bonds. The molecule has 2 aromatic heterocycles. The van der Waals surface area contributed by atoms with Gasteiger partial charge in [-0.05, 0) is 12.1 Å². The lowest BCUT2D eigenvalue weighted by Gasteiger charge is -2.16. The van der Waals surface area contributed by atoms with Crippen molar-refractivity contribution in [2.24, 2.45) is 0 Å². The number of carbonyl (C=O) groups excluding carboxylic acids is 1. The van der Waals surface area contributed by atoms with E-state index in [1.54, 1.807) is 24.3 Å². The summed E-state index contributed by atoms with van der Waals surface area (Å²) >= 11 is 0. The zero-order valence-corrected chi connectivity index (χ0v) is 14.0. The SMILES string of the molecule is O=C(Nc1ncnc2c1ncn2C1OC(CO)[C@H](O)C1O)c1ccccc1. The minimum Gasteiger partial charge on any atom is -0.394 e. The maximum absolute atomic E-state index is 12.4. The van der Waals surface area contributed by atoms with E-state index in [1.807, 2.05) is 6.07 Å². The van der Waals surface area contributed by atoms with Gasteiger partial charge < -0.3 is 25.4 Å². The van der Waals surface area contributed by atoms with Crippen molar-refractivity contribution in [1.29, 1.82) is 0 Å². The quantitative estimate of drug-likeness (QED) is 0.489. The third-order valence-corrected chi connectivity index (χ3v) is 4.42. The average Bonchev–Trinajstić information content (AvgIpc) is 3.25. The van der Waals surface area contributed by atoms with Gasteiger partial charge in [0.25, 0.3) is 5.91 Å². The molecule has 0 aliphatic carbocycles. The van der Waals surface area contributed by atoms with E-state index >= 15 is 0 Å². The maximum Gasteiger partial charge on any atom is 0.256 e. The Labute approximate surface area is 153 Å². The zero-order chi connectivity index (χ0) is 19.0. The molecule has 1 saturated heterocycles. The molecular formula is C17H17N5O5. The Morgan fingerprint density at radius 2 is 1.93 bits per heavy atom. The Morgan fingerprint density at radius 3 is 2.63 bits per heavy atom. The highest BCUT2D eigenvalue weighted by molar-refractivity contribution is 6.06. The van der Waals surface area contributed by atoms with Crippen molar-refractivity contribution < 1.29 is 24.9 Å². The van der Waals surface area contributed by atoms with E-state index in [4.69, 9.17) is 4.74 Å². The highest BCUT2D eigenvalue weighted by Crippen LogP contribution is 2.32. The molecule has 0 radical (unpaired) electrons. The molecule has 1 fully saturated rings. The second-order valence-corrected chi connectivity index (χ2v) is 6.10. The van der Waals surface area contributed by atoms with Gasteiger partial charge in [0.05, 0.1) is 12.9 Å².